The van der Waals surface area contributed by atoms with Gasteiger partial charge in [-0.15, -0.1) is 0 Å². The molecule has 3 aromatic rings. The van der Waals surface area contributed by atoms with Gasteiger partial charge < -0.3 is 19.5 Å². The molecule has 5 rings (SSSR count). The number of hydrogen-bond acceptors (Lipinski definition) is 4. The molecule has 2 atom stereocenters. The Morgan fingerprint density at radius 1 is 1.03 bits per heavy atom. The molecule has 4 heterocycles. The van der Waals surface area contributed by atoms with E-state index in [-0.39, 0.29) is 12.1 Å². The summed E-state index contributed by atoms with van der Waals surface area (Å²) in [6.07, 6.45) is 1.86. The highest BCUT2D eigenvalue weighted by Crippen LogP contribution is 2.41. The third kappa shape index (κ3) is 4.48. The largest absolute Gasteiger partial charge is 0.379 e. The number of nitrogens with zero attached hydrogens (tertiary/aromatic N) is 4. The fourth-order valence-corrected chi connectivity index (χ4v) is 5.57. The Morgan fingerprint density at radius 2 is 1.79 bits per heavy atom. The lowest BCUT2D eigenvalue weighted by Crippen LogP contribution is -2.42. The van der Waals surface area contributed by atoms with Crippen molar-refractivity contribution < 1.29 is 4.74 Å². The quantitative estimate of drug-likeness (QED) is 0.542. The van der Waals surface area contributed by atoms with Crippen molar-refractivity contribution in [2.75, 3.05) is 39.4 Å². The van der Waals surface area contributed by atoms with Crippen LogP contribution in [-0.4, -0.2) is 63.9 Å². The number of hydrogen-bond donors (Lipinski definition) is 1. The first-order chi connectivity index (χ1) is 16.5. The van der Waals surface area contributed by atoms with Gasteiger partial charge in [0, 0.05) is 49.5 Å². The summed E-state index contributed by atoms with van der Waals surface area (Å²) in [5.74, 6) is 0. The normalized spacial score (nSPS) is 21.1. The molecule has 178 valence electrons. The van der Waals surface area contributed by atoms with E-state index in [0.717, 1.165) is 50.2 Å². The molecule has 2 aliphatic rings. The zero-order valence-corrected chi connectivity index (χ0v) is 21.0. The second kappa shape index (κ2) is 9.86. The third-order valence-electron chi connectivity index (χ3n) is 7.04. The van der Waals surface area contributed by atoms with Gasteiger partial charge in [-0.05, 0) is 68.9 Å². The van der Waals surface area contributed by atoms with Crippen LogP contribution >= 0.6 is 12.2 Å². The highest BCUT2D eigenvalue weighted by Gasteiger charge is 2.41. The highest BCUT2D eigenvalue weighted by atomic mass is 32.1. The van der Waals surface area contributed by atoms with Gasteiger partial charge in [0.05, 0.1) is 31.0 Å². The van der Waals surface area contributed by atoms with Crippen LogP contribution in [0.25, 0.3) is 5.69 Å². The van der Waals surface area contributed by atoms with Gasteiger partial charge >= 0.3 is 0 Å². The van der Waals surface area contributed by atoms with E-state index < -0.39 is 0 Å². The van der Waals surface area contributed by atoms with Crippen LogP contribution in [0.5, 0.6) is 0 Å². The van der Waals surface area contributed by atoms with E-state index in [1.807, 2.05) is 12.3 Å². The van der Waals surface area contributed by atoms with Crippen LogP contribution in [0.1, 0.15) is 40.3 Å². The van der Waals surface area contributed by atoms with E-state index in [9.17, 15) is 0 Å². The Morgan fingerprint density at radius 3 is 2.50 bits per heavy atom. The molecular formula is C27H33N5OS. The predicted molar refractivity (Wildman–Crippen MR) is 139 cm³/mol. The smallest absolute Gasteiger partial charge is 0.170 e. The number of aryl methyl sites for hydroxylation is 2. The maximum absolute atomic E-state index is 5.89. The van der Waals surface area contributed by atoms with E-state index in [2.05, 4.69) is 82.9 Å². The predicted octanol–water partition coefficient (Wildman–Crippen LogP) is 4.10. The van der Waals surface area contributed by atoms with Crippen LogP contribution in [0, 0.1) is 20.8 Å². The molecule has 0 aliphatic carbocycles. The summed E-state index contributed by atoms with van der Waals surface area (Å²) in [7, 11) is 0. The van der Waals surface area contributed by atoms with Gasteiger partial charge in [-0.2, -0.15) is 0 Å². The summed E-state index contributed by atoms with van der Waals surface area (Å²) in [6.45, 7) is 11.9. The second-order valence-electron chi connectivity index (χ2n) is 9.27. The monoisotopic (exact) mass is 475 g/mol. The van der Waals surface area contributed by atoms with Crippen molar-refractivity contribution in [2.45, 2.75) is 32.9 Å². The van der Waals surface area contributed by atoms with E-state index in [4.69, 9.17) is 21.9 Å². The highest BCUT2D eigenvalue weighted by molar-refractivity contribution is 7.80. The zero-order chi connectivity index (χ0) is 23.7. The molecule has 2 aromatic heterocycles. The van der Waals surface area contributed by atoms with Crippen LogP contribution in [0.2, 0.25) is 0 Å². The van der Waals surface area contributed by atoms with E-state index in [1.165, 1.54) is 28.2 Å². The number of ether oxygens (including phenoxy) is 1. The fourth-order valence-electron chi connectivity index (χ4n) is 5.24. The fraction of sp³-hybridized carbons (Fsp3) is 0.407. The zero-order valence-electron chi connectivity index (χ0n) is 20.2. The van der Waals surface area contributed by atoms with Gasteiger partial charge in [-0.3, -0.25) is 9.88 Å². The number of aromatic nitrogens is 2. The SMILES string of the molecule is Cc1ccc(-n2c(C)cc([C@H]3[C@H](c4ccccn4)NC(=S)N3CCN3CCOCC3)c2C)cc1. The van der Waals surface area contributed by atoms with E-state index in [1.54, 1.807) is 0 Å². The number of nitrogens with one attached hydrogen (secondary N) is 1. The van der Waals surface area contributed by atoms with Crippen molar-refractivity contribution in [2.24, 2.45) is 0 Å². The molecule has 1 N–H and O–H groups in total. The second-order valence-corrected chi connectivity index (χ2v) is 9.66. The van der Waals surface area contributed by atoms with Gasteiger partial charge in [0.2, 0.25) is 0 Å². The minimum Gasteiger partial charge on any atom is -0.379 e. The van der Waals surface area contributed by atoms with Crippen molar-refractivity contribution in [3.8, 4) is 5.69 Å². The number of thiocarbonyl (C=S) groups is 1. The summed E-state index contributed by atoms with van der Waals surface area (Å²) in [5, 5.41) is 4.40. The topological polar surface area (TPSA) is 45.6 Å². The Bertz CT molecular complexity index is 1140. The molecule has 0 bridgehead atoms. The van der Waals surface area contributed by atoms with Crippen LogP contribution < -0.4 is 5.32 Å². The van der Waals surface area contributed by atoms with Crippen molar-refractivity contribution in [3.05, 3.63) is 82.9 Å². The first-order valence-corrected chi connectivity index (χ1v) is 12.5. The van der Waals surface area contributed by atoms with Crippen LogP contribution in [0.4, 0.5) is 0 Å². The molecule has 0 amide bonds. The summed E-state index contributed by atoms with van der Waals surface area (Å²) >= 11 is 5.89. The number of morpholine rings is 1. The van der Waals surface area contributed by atoms with Gasteiger partial charge in [0.15, 0.2) is 5.11 Å². The molecule has 2 saturated heterocycles. The van der Waals surface area contributed by atoms with Gasteiger partial charge in [-0.25, -0.2) is 0 Å². The molecule has 6 nitrogen and oxygen atoms in total. The lowest BCUT2D eigenvalue weighted by atomic mass is 9.96. The van der Waals surface area contributed by atoms with Gasteiger partial charge in [0.25, 0.3) is 0 Å². The standard InChI is InChI=1S/C27H33N5OS/c1-19-7-9-22(10-8-19)32-20(2)18-23(21(32)3)26-25(24-6-4-5-11-28-24)29-27(34)31(26)13-12-30-14-16-33-17-15-30/h4-11,18,25-26H,12-17H2,1-3H3,(H,29,34)/t25-,26-/m0/s1. The van der Waals surface area contributed by atoms with Crippen LogP contribution in [-0.2, 0) is 4.74 Å². The van der Waals surface area contributed by atoms with Gasteiger partial charge in [0.1, 0.15) is 0 Å². The van der Waals surface area contributed by atoms with Crippen molar-refractivity contribution in [1.29, 1.82) is 0 Å². The molecule has 0 spiro atoms. The Hall–Kier alpha value is -2.74. The molecular weight excluding hydrogens is 442 g/mol. The molecule has 1 aromatic carbocycles. The van der Waals surface area contributed by atoms with Crippen molar-refractivity contribution in [3.63, 3.8) is 0 Å². The van der Waals surface area contributed by atoms with Crippen LogP contribution in [0.15, 0.2) is 54.7 Å². The average molecular weight is 476 g/mol. The Kier molecular flexibility index (Phi) is 6.68. The average Bonchev–Trinajstić information content (AvgIpc) is 3.34. The first kappa shape index (κ1) is 23.0. The van der Waals surface area contributed by atoms with Crippen molar-refractivity contribution >= 4 is 17.3 Å². The molecule has 0 radical (unpaired) electrons. The number of rotatable bonds is 6. The molecule has 34 heavy (non-hydrogen) atoms. The van der Waals surface area contributed by atoms with Gasteiger partial charge in [-0.1, -0.05) is 23.8 Å². The molecule has 2 aliphatic heterocycles. The minimum absolute atomic E-state index is 0.00496. The Labute approximate surface area is 207 Å². The van der Waals surface area contributed by atoms with E-state index >= 15 is 0 Å². The third-order valence-corrected chi connectivity index (χ3v) is 7.39. The number of benzene rings is 1. The van der Waals surface area contributed by atoms with E-state index in [0.29, 0.717) is 0 Å². The molecule has 7 heteroatoms. The number of pyridine rings is 1. The maximum atomic E-state index is 5.89. The lowest BCUT2D eigenvalue weighted by Gasteiger charge is -2.32. The molecule has 2 fully saturated rings. The first-order valence-electron chi connectivity index (χ1n) is 12.1. The van der Waals surface area contributed by atoms with Crippen molar-refractivity contribution in [1.82, 2.24) is 24.7 Å². The molecule has 0 saturated carbocycles. The minimum atomic E-state index is 0.00496. The maximum Gasteiger partial charge on any atom is 0.170 e. The summed E-state index contributed by atoms with van der Waals surface area (Å²) in [4.78, 5) is 9.53. The lowest BCUT2D eigenvalue weighted by molar-refractivity contribution is 0.0350. The Balaban J connectivity index is 1.52. The summed E-state index contributed by atoms with van der Waals surface area (Å²) in [6, 6.07) is 17.3. The summed E-state index contributed by atoms with van der Waals surface area (Å²) < 4.78 is 7.89. The summed E-state index contributed by atoms with van der Waals surface area (Å²) in [5.41, 5.74) is 7.24. The van der Waals surface area contributed by atoms with Crippen LogP contribution in [0.3, 0.4) is 0 Å². The molecule has 0 unspecified atom stereocenters.